The Labute approximate surface area is 98.8 Å². The Morgan fingerprint density at radius 2 is 2.31 bits per heavy atom. The lowest BCUT2D eigenvalue weighted by Crippen LogP contribution is -1.99. The fourth-order valence-electron chi connectivity index (χ4n) is 1.55. The molecule has 0 aromatic carbocycles. The third-order valence-electron chi connectivity index (χ3n) is 2.47. The average molecular weight is 237 g/mol. The lowest BCUT2D eigenvalue weighted by Gasteiger charge is -2.00. The standard InChI is InChI=1S/C11H15N3OS/c1-8-10(11(12)14(2)13-8)7-16-6-9-4-3-5-15-9/h3-5H,6-7,12H2,1-2H3. The number of nitrogens with zero attached hydrogens (tertiary/aromatic N) is 2. The molecule has 0 aliphatic rings. The number of anilines is 1. The highest BCUT2D eigenvalue weighted by Gasteiger charge is 2.10. The van der Waals surface area contributed by atoms with Gasteiger partial charge in [-0.25, -0.2) is 0 Å². The van der Waals surface area contributed by atoms with E-state index in [1.54, 1.807) is 22.7 Å². The molecule has 5 heteroatoms. The first-order chi connectivity index (χ1) is 7.68. The first-order valence-electron chi connectivity index (χ1n) is 5.06. The van der Waals surface area contributed by atoms with Crippen molar-refractivity contribution in [1.82, 2.24) is 9.78 Å². The van der Waals surface area contributed by atoms with Gasteiger partial charge in [0.1, 0.15) is 11.6 Å². The van der Waals surface area contributed by atoms with Crippen LogP contribution in [0.4, 0.5) is 5.82 Å². The van der Waals surface area contributed by atoms with Gasteiger partial charge in [0.15, 0.2) is 0 Å². The van der Waals surface area contributed by atoms with Gasteiger partial charge < -0.3 is 10.2 Å². The van der Waals surface area contributed by atoms with Crippen LogP contribution in [0.2, 0.25) is 0 Å². The molecular formula is C11H15N3OS. The van der Waals surface area contributed by atoms with E-state index in [9.17, 15) is 0 Å². The molecule has 2 heterocycles. The van der Waals surface area contributed by atoms with Crippen LogP contribution in [0.5, 0.6) is 0 Å². The molecule has 0 atom stereocenters. The fraction of sp³-hybridized carbons (Fsp3) is 0.364. The summed E-state index contributed by atoms with van der Waals surface area (Å²) in [5.74, 6) is 3.47. The van der Waals surface area contributed by atoms with E-state index in [1.165, 1.54) is 0 Å². The molecule has 0 unspecified atom stereocenters. The van der Waals surface area contributed by atoms with Crippen LogP contribution >= 0.6 is 11.8 Å². The molecule has 0 fully saturated rings. The molecule has 0 aliphatic heterocycles. The predicted octanol–water partition coefficient (Wildman–Crippen LogP) is 2.34. The monoisotopic (exact) mass is 237 g/mol. The normalized spacial score (nSPS) is 10.9. The maximum atomic E-state index is 5.93. The molecule has 4 nitrogen and oxygen atoms in total. The second-order valence-corrected chi connectivity index (χ2v) is 4.63. The SMILES string of the molecule is Cc1nn(C)c(N)c1CSCc1ccco1. The topological polar surface area (TPSA) is 57.0 Å². The summed E-state index contributed by atoms with van der Waals surface area (Å²) in [7, 11) is 1.86. The molecular weight excluding hydrogens is 222 g/mol. The number of rotatable bonds is 4. The third-order valence-corrected chi connectivity index (χ3v) is 3.45. The van der Waals surface area contributed by atoms with Crippen molar-refractivity contribution < 1.29 is 4.42 Å². The van der Waals surface area contributed by atoms with Crippen LogP contribution in [0, 0.1) is 6.92 Å². The maximum absolute atomic E-state index is 5.93. The van der Waals surface area contributed by atoms with Crippen LogP contribution in [-0.2, 0) is 18.6 Å². The van der Waals surface area contributed by atoms with E-state index in [0.29, 0.717) is 0 Å². The zero-order valence-corrected chi connectivity index (χ0v) is 10.3. The highest BCUT2D eigenvalue weighted by atomic mass is 32.2. The largest absolute Gasteiger partial charge is 0.468 e. The van der Waals surface area contributed by atoms with E-state index in [1.807, 2.05) is 26.1 Å². The van der Waals surface area contributed by atoms with E-state index in [-0.39, 0.29) is 0 Å². The molecule has 2 aromatic heterocycles. The Kier molecular flexibility index (Phi) is 3.24. The van der Waals surface area contributed by atoms with E-state index in [4.69, 9.17) is 10.2 Å². The van der Waals surface area contributed by atoms with Crippen molar-refractivity contribution >= 4 is 17.6 Å². The Morgan fingerprint density at radius 1 is 1.50 bits per heavy atom. The molecule has 2 aromatic rings. The van der Waals surface area contributed by atoms with Crippen molar-refractivity contribution in [3.8, 4) is 0 Å². The number of aryl methyl sites for hydroxylation is 2. The number of nitrogens with two attached hydrogens (primary N) is 1. The van der Waals surface area contributed by atoms with Gasteiger partial charge in [0.2, 0.25) is 0 Å². The number of nitrogen functional groups attached to an aromatic ring is 1. The molecule has 16 heavy (non-hydrogen) atoms. The van der Waals surface area contributed by atoms with E-state index in [2.05, 4.69) is 5.10 Å². The van der Waals surface area contributed by atoms with Crippen LogP contribution in [0.1, 0.15) is 17.0 Å². The fourth-order valence-corrected chi connectivity index (χ4v) is 2.58. The summed E-state index contributed by atoms with van der Waals surface area (Å²) in [5.41, 5.74) is 8.06. The second-order valence-electron chi connectivity index (χ2n) is 3.64. The van der Waals surface area contributed by atoms with E-state index in [0.717, 1.165) is 34.3 Å². The number of thioether (sulfide) groups is 1. The Balaban J connectivity index is 1.95. The van der Waals surface area contributed by atoms with Gasteiger partial charge in [-0.05, 0) is 19.1 Å². The molecule has 2 rings (SSSR count). The smallest absolute Gasteiger partial charge is 0.125 e. The van der Waals surface area contributed by atoms with Crippen LogP contribution < -0.4 is 5.73 Å². The zero-order valence-electron chi connectivity index (χ0n) is 9.43. The average Bonchev–Trinajstić information content (AvgIpc) is 2.82. The van der Waals surface area contributed by atoms with Crippen molar-refractivity contribution in [3.63, 3.8) is 0 Å². The Bertz CT molecular complexity index is 462. The van der Waals surface area contributed by atoms with Gasteiger partial charge in [0.05, 0.1) is 17.7 Å². The zero-order chi connectivity index (χ0) is 11.5. The minimum absolute atomic E-state index is 0.754. The van der Waals surface area contributed by atoms with Crippen molar-refractivity contribution in [2.45, 2.75) is 18.4 Å². The first-order valence-corrected chi connectivity index (χ1v) is 6.22. The Morgan fingerprint density at radius 3 is 2.88 bits per heavy atom. The lowest BCUT2D eigenvalue weighted by atomic mass is 10.3. The van der Waals surface area contributed by atoms with Crippen molar-refractivity contribution in [2.24, 2.45) is 7.05 Å². The van der Waals surface area contributed by atoms with Gasteiger partial charge in [-0.3, -0.25) is 4.68 Å². The van der Waals surface area contributed by atoms with Crippen molar-refractivity contribution in [1.29, 1.82) is 0 Å². The number of hydrogen-bond acceptors (Lipinski definition) is 4. The molecule has 86 valence electrons. The molecule has 0 aliphatic carbocycles. The summed E-state index contributed by atoms with van der Waals surface area (Å²) >= 11 is 1.78. The van der Waals surface area contributed by atoms with Gasteiger partial charge in [-0.15, -0.1) is 11.8 Å². The number of furan rings is 1. The molecule has 0 saturated carbocycles. The van der Waals surface area contributed by atoms with Crippen LogP contribution in [-0.4, -0.2) is 9.78 Å². The third kappa shape index (κ3) is 2.24. The van der Waals surface area contributed by atoms with Gasteiger partial charge in [-0.2, -0.15) is 5.10 Å². The maximum Gasteiger partial charge on any atom is 0.125 e. The molecule has 0 bridgehead atoms. The number of hydrogen-bond donors (Lipinski definition) is 1. The van der Waals surface area contributed by atoms with Gasteiger partial charge in [-0.1, -0.05) is 0 Å². The summed E-state index contributed by atoms with van der Waals surface area (Å²) in [4.78, 5) is 0. The number of aromatic nitrogens is 2. The quantitative estimate of drug-likeness (QED) is 0.886. The van der Waals surface area contributed by atoms with Crippen LogP contribution in [0.25, 0.3) is 0 Å². The minimum Gasteiger partial charge on any atom is -0.468 e. The molecule has 0 radical (unpaired) electrons. The van der Waals surface area contributed by atoms with Gasteiger partial charge in [0.25, 0.3) is 0 Å². The lowest BCUT2D eigenvalue weighted by molar-refractivity contribution is 0.530. The minimum atomic E-state index is 0.754. The van der Waals surface area contributed by atoms with Crippen molar-refractivity contribution in [3.05, 3.63) is 35.4 Å². The van der Waals surface area contributed by atoms with Crippen molar-refractivity contribution in [2.75, 3.05) is 5.73 Å². The highest BCUT2D eigenvalue weighted by Crippen LogP contribution is 2.23. The summed E-state index contributed by atoms with van der Waals surface area (Å²) in [6.45, 7) is 1.99. The summed E-state index contributed by atoms with van der Waals surface area (Å²) in [6, 6.07) is 3.88. The van der Waals surface area contributed by atoms with Gasteiger partial charge in [0, 0.05) is 18.4 Å². The molecule has 0 saturated heterocycles. The summed E-state index contributed by atoms with van der Waals surface area (Å²) < 4.78 is 6.98. The molecule has 0 spiro atoms. The van der Waals surface area contributed by atoms with E-state index < -0.39 is 0 Å². The Hall–Kier alpha value is -1.36. The molecule has 2 N–H and O–H groups in total. The van der Waals surface area contributed by atoms with Crippen LogP contribution in [0.3, 0.4) is 0 Å². The van der Waals surface area contributed by atoms with Crippen LogP contribution in [0.15, 0.2) is 22.8 Å². The molecule has 0 amide bonds. The predicted molar refractivity (Wildman–Crippen MR) is 66.1 cm³/mol. The van der Waals surface area contributed by atoms with Gasteiger partial charge >= 0.3 is 0 Å². The highest BCUT2D eigenvalue weighted by molar-refractivity contribution is 7.97. The van der Waals surface area contributed by atoms with E-state index >= 15 is 0 Å². The second kappa shape index (κ2) is 4.65. The summed E-state index contributed by atoms with van der Waals surface area (Å²) in [5, 5.41) is 4.28. The first kappa shape index (κ1) is 11.1. The summed E-state index contributed by atoms with van der Waals surface area (Å²) in [6.07, 6.45) is 1.69.